The normalized spacial score (nSPS) is 13.0. The molecular formula is C19H22N4O3S. The number of hydrogen-bond donors (Lipinski definition) is 3. The van der Waals surface area contributed by atoms with E-state index in [2.05, 4.69) is 10.3 Å². The van der Waals surface area contributed by atoms with Crippen LogP contribution in [-0.2, 0) is 10.0 Å². The van der Waals surface area contributed by atoms with Crippen molar-refractivity contribution in [3.05, 3.63) is 59.7 Å². The number of aliphatic hydroxyl groups is 1. The molecule has 8 heteroatoms. The van der Waals surface area contributed by atoms with Gasteiger partial charge in [-0.25, -0.2) is 17.4 Å². The molecule has 0 spiro atoms. The van der Waals surface area contributed by atoms with Crippen LogP contribution in [0.2, 0.25) is 0 Å². The molecule has 2 aromatic carbocycles. The summed E-state index contributed by atoms with van der Waals surface area (Å²) in [4.78, 5) is 4.44. The highest BCUT2D eigenvalue weighted by molar-refractivity contribution is 7.90. The molecule has 1 aromatic heterocycles. The van der Waals surface area contributed by atoms with E-state index in [0.717, 1.165) is 11.8 Å². The number of imidazole rings is 1. The third-order valence-electron chi connectivity index (χ3n) is 4.34. The molecule has 3 N–H and O–H groups in total. The van der Waals surface area contributed by atoms with E-state index in [0.29, 0.717) is 16.6 Å². The van der Waals surface area contributed by atoms with Crippen molar-refractivity contribution < 1.29 is 13.5 Å². The van der Waals surface area contributed by atoms with Gasteiger partial charge in [0.05, 0.1) is 28.9 Å². The van der Waals surface area contributed by atoms with Crippen LogP contribution in [0.15, 0.2) is 48.5 Å². The summed E-state index contributed by atoms with van der Waals surface area (Å²) in [5, 5.41) is 19.7. The molecule has 1 heterocycles. The Morgan fingerprint density at radius 2 is 1.93 bits per heavy atom. The lowest BCUT2D eigenvalue weighted by Crippen LogP contribution is -2.26. The van der Waals surface area contributed by atoms with Gasteiger partial charge in [0.1, 0.15) is 0 Å². The van der Waals surface area contributed by atoms with Gasteiger partial charge in [-0.2, -0.15) is 0 Å². The largest absolute Gasteiger partial charge is 0.394 e. The van der Waals surface area contributed by atoms with Crippen LogP contribution in [0.1, 0.15) is 31.0 Å². The quantitative estimate of drug-likeness (QED) is 0.541. The second-order valence-electron chi connectivity index (χ2n) is 6.48. The summed E-state index contributed by atoms with van der Waals surface area (Å²) in [6.07, 6.45) is 1.16. The number of aromatic nitrogens is 2. The van der Waals surface area contributed by atoms with Gasteiger partial charge in [-0.15, -0.1) is 0 Å². The maximum atomic E-state index is 13.0. The number of hydrogen-bond acceptors (Lipinski definition) is 6. The average Bonchev–Trinajstić information content (AvgIpc) is 3.04. The number of nitrogens with one attached hydrogen (secondary N) is 2. The first kappa shape index (κ1) is 19.1. The van der Waals surface area contributed by atoms with Crippen molar-refractivity contribution >= 4 is 33.2 Å². The Balaban J connectivity index is 2.18. The predicted octanol–water partition coefficient (Wildman–Crippen LogP) is 2.77. The number of anilines is 1. The molecular weight excluding hydrogens is 364 g/mol. The van der Waals surface area contributed by atoms with E-state index in [1.54, 1.807) is 32.0 Å². The van der Waals surface area contributed by atoms with Crippen molar-refractivity contribution in [3.63, 3.8) is 0 Å². The minimum atomic E-state index is -3.72. The van der Waals surface area contributed by atoms with Crippen molar-refractivity contribution in [1.29, 1.82) is 5.41 Å². The SMILES string of the molecule is CC(C)S(=O)(=O)n1c(N[C@H](CO)c2ccccc2)nc2ccc(C=N)cc21. The fraction of sp³-hybridized carbons (Fsp3) is 0.263. The van der Waals surface area contributed by atoms with E-state index in [1.165, 1.54) is 3.97 Å². The summed E-state index contributed by atoms with van der Waals surface area (Å²) in [5.74, 6) is 0.142. The number of aliphatic hydroxyl groups excluding tert-OH is 1. The van der Waals surface area contributed by atoms with E-state index in [9.17, 15) is 13.5 Å². The predicted molar refractivity (Wildman–Crippen MR) is 107 cm³/mol. The number of rotatable bonds is 7. The van der Waals surface area contributed by atoms with E-state index < -0.39 is 21.3 Å². The van der Waals surface area contributed by atoms with Gasteiger partial charge in [-0.1, -0.05) is 36.4 Å². The zero-order valence-electron chi connectivity index (χ0n) is 15.1. The molecule has 0 radical (unpaired) electrons. The van der Waals surface area contributed by atoms with Crippen LogP contribution in [0.3, 0.4) is 0 Å². The van der Waals surface area contributed by atoms with Gasteiger partial charge in [0, 0.05) is 6.21 Å². The molecule has 3 rings (SSSR count). The molecule has 0 unspecified atom stereocenters. The molecule has 7 nitrogen and oxygen atoms in total. The first-order valence-corrected chi connectivity index (χ1v) is 10.1. The third kappa shape index (κ3) is 3.58. The van der Waals surface area contributed by atoms with Gasteiger partial charge in [0.2, 0.25) is 16.0 Å². The number of fused-ring (bicyclic) bond motifs is 1. The summed E-state index contributed by atoms with van der Waals surface area (Å²) >= 11 is 0. The molecule has 0 aliphatic heterocycles. The van der Waals surface area contributed by atoms with Crippen LogP contribution in [-0.4, -0.2) is 40.6 Å². The van der Waals surface area contributed by atoms with Crippen molar-refractivity contribution in [3.8, 4) is 0 Å². The van der Waals surface area contributed by atoms with Gasteiger partial charge in [0.15, 0.2) is 0 Å². The van der Waals surface area contributed by atoms with Crippen LogP contribution in [0.5, 0.6) is 0 Å². The molecule has 27 heavy (non-hydrogen) atoms. The van der Waals surface area contributed by atoms with Gasteiger partial charge >= 0.3 is 0 Å². The summed E-state index contributed by atoms with van der Waals surface area (Å²) in [5.41, 5.74) is 2.30. The molecule has 0 saturated carbocycles. The lowest BCUT2D eigenvalue weighted by atomic mass is 10.1. The van der Waals surface area contributed by atoms with Gasteiger partial charge in [0.25, 0.3) is 0 Å². The fourth-order valence-corrected chi connectivity index (χ4v) is 3.97. The first-order chi connectivity index (χ1) is 12.9. The van der Waals surface area contributed by atoms with E-state index in [1.807, 2.05) is 30.3 Å². The van der Waals surface area contributed by atoms with Crippen LogP contribution in [0, 0.1) is 5.41 Å². The summed E-state index contributed by atoms with van der Waals surface area (Å²) in [6.45, 7) is 2.99. The highest BCUT2D eigenvalue weighted by atomic mass is 32.2. The molecule has 0 amide bonds. The zero-order valence-corrected chi connectivity index (χ0v) is 15.9. The first-order valence-electron chi connectivity index (χ1n) is 8.58. The molecule has 3 aromatic rings. The van der Waals surface area contributed by atoms with Crippen LogP contribution in [0.25, 0.3) is 11.0 Å². The summed E-state index contributed by atoms with van der Waals surface area (Å²) in [7, 11) is -3.72. The second-order valence-corrected chi connectivity index (χ2v) is 8.81. The second kappa shape index (κ2) is 7.50. The molecule has 142 valence electrons. The van der Waals surface area contributed by atoms with E-state index >= 15 is 0 Å². The Morgan fingerprint density at radius 1 is 1.22 bits per heavy atom. The topological polar surface area (TPSA) is 108 Å². The van der Waals surface area contributed by atoms with Gasteiger partial charge < -0.3 is 15.8 Å². The molecule has 1 atom stereocenters. The average molecular weight is 386 g/mol. The van der Waals surface area contributed by atoms with Crippen molar-refractivity contribution in [2.24, 2.45) is 0 Å². The minimum absolute atomic E-state index is 0.142. The molecule has 0 aliphatic carbocycles. The fourth-order valence-electron chi connectivity index (χ4n) is 2.80. The molecule has 0 saturated heterocycles. The Bertz CT molecular complexity index is 1060. The maximum Gasteiger partial charge on any atom is 0.244 e. The third-order valence-corrected chi connectivity index (χ3v) is 6.41. The minimum Gasteiger partial charge on any atom is -0.394 e. The van der Waals surface area contributed by atoms with Crippen molar-refractivity contribution in [2.75, 3.05) is 11.9 Å². The van der Waals surface area contributed by atoms with Crippen LogP contribution >= 0.6 is 0 Å². The Morgan fingerprint density at radius 3 is 2.52 bits per heavy atom. The number of nitrogens with zero attached hydrogens (tertiary/aromatic N) is 2. The molecule has 0 aliphatic rings. The van der Waals surface area contributed by atoms with Crippen LogP contribution < -0.4 is 5.32 Å². The van der Waals surface area contributed by atoms with Gasteiger partial charge in [-0.3, -0.25) is 0 Å². The van der Waals surface area contributed by atoms with Gasteiger partial charge in [-0.05, 0) is 37.1 Å². The molecule has 0 fully saturated rings. The lowest BCUT2D eigenvalue weighted by molar-refractivity contribution is 0.276. The zero-order chi connectivity index (χ0) is 19.6. The van der Waals surface area contributed by atoms with E-state index in [4.69, 9.17) is 5.41 Å². The Labute approximate surface area is 158 Å². The summed E-state index contributed by atoms with van der Waals surface area (Å²) < 4.78 is 27.2. The Kier molecular flexibility index (Phi) is 5.29. The monoisotopic (exact) mass is 386 g/mol. The standard InChI is InChI=1S/C19H22N4O3S/c1-13(2)27(25,26)23-18-10-14(11-20)8-9-16(18)21-19(23)22-17(12-24)15-6-4-3-5-7-15/h3-11,13,17,20,24H,12H2,1-2H3,(H,21,22)/t17-/m1/s1. The lowest BCUT2D eigenvalue weighted by Gasteiger charge is -2.19. The maximum absolute atomic E-state index is 13.0. The Hall–Kier alpha value is -2.71. The number of benzene rings is 2. The molecule has 0 bridgehead atoms. The smallest absolute Gasteiger partial charge is 0.244 e. The van der Waals surface area contributed by atoms with Crippen molar-refractivity contribution in [2.45, 2.75) is 25.1 Å². The highest BCUT2D eigenvalue weighted by Crippen LogP contribution is 2.27. The van der Waals surface area contributed by atoms with Crippen molar-refractivity contribution in [1.82, 2.24) is 8.96 Å². The highest BCUT2D eigenvalue weighted by Gasteiger charge is 2.27. The summed E-state index contributed by atoms with van der Waals surface area (Å²) in [6, 6.07) is 13.8. The van der Waals surface area contributed by atoms with Crippen LogP contribution in [0.4, 0.5) is 5.95 Å². The van der Waals surface area contributed by atoms with E-state index in [-0.39, 0.29) is 12.6 Å².